The van der Waals surface area contributed by atoms with Crippen LogP contribution in [-0.2, 0) is 6.18 Å². The zero-order valence-electron chi connectivity index (χ0n) is 15.1. The van der Waals surface area contributed by atoms with Crippen LogP contribution in [0, 0.1) is 0 Å². The third-order valence-corrected chi connectivity index (χ3v) is 4.17. The van der Waals surface area contributed by atoms with Crippen molar-refractivity contribution in [1.82, 2.24) is 9.55 Å². The minimum Gasteiger partial charge on any atom is -0.451 e. The summed E-state index contributed by atoms with van der Waals surface area (Å²) in [4.78, 5) is 27.8. The summed E-state index contributed by atoms with van der Waals surface area (Å²) in [6, 6.07) is 13.1. The van der Waals surface area contributed by atoms with Gasteiger partial charge in [-0.3, -0.25) is 9.59 Å². The van der Waals surface area contributed by atoms with Gasteiger partial charge in [-0.25, -0.2) is 4.57 Å². The van der Waals surface area contributed by atoms with Crippen LogP contribution in [0.25, 0.3) is 0 Å². The minimum absolute atomic E-state index is 0.0266. The third-order valence-electron chi connectivity index (χ3n) is 4.17. The number of para-hydroxylation sites is 1. The summed E-state index contributed by atoms with van der Waals surface area (Å²) in [5.41, 5.74) is -1.45. The second kappa shape index (κ2) is 7.54. The van der Waals surface area contributed by atoms with E-state index in [9.17, 15) is 22.8 Å². The van der Waals surface area contributed by atoms with Crippen molar-refractivity contribution in [3.8, 4) is 17.5 Å². The lowest BCUT2D eigenvalue weighted by Gasteiger charge is -2.23. The molecule has 0 radical (unpaired) electrons. The van der Waals surface area contributed by atoms with Gasteiger partial charge in [-0.1, -0.05) is 18.2 Å². The zero-order chi connectivity index (χ0) is 21.3. The number of halogens is 3. The number of rotatable bonds is 5. The van der Waals surface area contributed by atoms with Crippen LogP contribution in [0.5, 0.6) is 17.5 Å². The Labute approximate surface area is 167 Å². The molecular formula is C20H13F3N2O5. The van der Waals surface area contributed by atoms with E-state index in [1.165, 1.54) is 6.20 Å². The largest absolute Gasteiger partial charge is 0.451 e. The van der Waals surface area contributed by atoms with Crippen molar-refractivity contribution in [3.63, 3.8) is 0 Å². The number of nitrogens with zero attached hydrogens (tertiary/aromatic N) is 2. The summed E-state index contributed by atoms with van der Waals surface area (Å²) in [5.74, 6) is -0.242. The molecule has 0 amide bonds. The lowest BCUT2D eigenvalue weighted by molar-refractivity contribution is -0.137. The second-order valence-electron chi connectivity index (χ2n) is 6.23. The van der Waals surface area contributed by atoms with E-state index in [-0.39, 0.29) is 11.8 Å². The molecule has 1 unspecified atom stereocenters. The Balaban J connectivity index is 1.62. The molecule has 154 valence electrons. The van der Waals surface area contributed by atoms with E-state index in [0.29, 0.717) is 5.75 Å². The smallest absolute Gasteiger partial charge is 0.416 e. The van der Waals surface area contributed by atoms with Crippen molar-refractivity contribution >= 4 is 5.91 Å². The molecule has 3 aromatic rings. The molecule has 7 nitrogen and oxygen atoms in total. The Morgan fingerprint density at radius 3 is 2.20 bits per heavy atom. The predicted molar refractivity (Wildman–Crippen MR) is 96.5 cm³/mol. The summed E-state index contributed by atoms with van der Waals surface area (Å²) in [5, 5.41) is 0. The molecule has 1 aliphatic rings. The van der Waals surface area contributed by atoms with Crippen LogP contribution in [0.1, 0.15) is 10.4 Å². The summed E-state index contributed by atoms with van der Waals surface area (Å²) in [7, 11) is 0. The first-order valence-corrected chi connectivity index (χ1v) is 8.67. The zero-order valence-corrected chi connectivity index (χ0v) is 15.1. The van der Waals surface area contributed by atoms with Crippen molar-refractivity contribution in [1.29, 1.82) is 0 Å². The maximum Gasteiger partial charge on any atom is 0.416 e. The number of aromatic nitrogens is 2. The summed E-state index contributed by atoms with van der Waals surface area (Å²) >= 11 is 0. The van der Waals surface area contributed by atoms with Crippen molar-refractivity contribution in [2.75, 3.05) is 0 Å². The molecule has 0 fully saturated rings. The first kappa shape index (κ1) is 19.5. The molecule has 1 aliphatic heterocycles. The lowest BCUT2D eigenvalue weighted by Crippen LogP contribution is -2.44. The van der Waals surface area contributed by atoms with Gasteiger partial charge in [0.1, 0.15) is 11.5 Å². The van der Waals surface area contributed by atoms with Crippen molar-refractivity contribution < 1.29 is 32.2 Å². The maximum atomic E-state index is 12.8. The third kappa shape index (κ3) is 3.97. The maximum absolute atomic E-state index is 12.8. The van der Waals surface area contributed by atoms with Gasteiger partial charge < -0.3 is 14.2 Å². The van der Waals surface area contributed by atoms with Crippen LogP contribution < -0.4 is 19.8 Å². The average Bonchev–Trinajstić information content (AvgIpc) is 3.03. The van der Waals surface area contributed by atoms with E-state index >= 15 is 0 Å². The van der Waals surface area contributed by atoms with Gasteiger partial charge in [0.05, 0.1) is 5.56 Å². The highest BCUT2D eigenvalue weighted by Gasteiger charge is 2.42. The Hall–Kier alpha value is -3.82. The lowest BCUT2D eigenvalue weighted by atomic mass is 10.2. The quantitative estimate of drug-likeness (QED) is 0.593. The fraction of sp³-hybridized carbons (Fsp3) is 0.150. The molecule has 2 atom stereocenters. The molecule has 1 aromatic heterocycles. The molecule has 0 saturated heterocycles. The number of alkyl halides is 3. The van der Waals surface area contributed by atoms with E-state index in [4.69, 9.17) is 14.2 Å². The number of carbonyl (C=O) groups is 1. The van der Waals surface area contributed by atoms with Crippen LogP contribution in [0.15, 0.2) is 71.7 Å². The fourth-order valence-corrected chi connectivity index (χ4v) is 2.75. The monoisotopic (exact) mass is 418 g/mol. The summed E-state index contributed by atoms with van der Waals surface area (Å²) in [6.45, 7) is 0. The number of benzene rings is 2. The normalized spacial score (nSPS) is 16.5. The Bertz CT molecular complexity index is 1110. The fourth-order valence-electron chi connectivity index (χ4n) is 2.75. The van der Waals surface area contributed by atoms with Crippen LogP contribution in [0.2, 0.25) is 0 Å². The topological polar surface area (TPSA) is 79.7 Å². The van der Waals surface area contributed by atoms with Crippen LogP contribution in [0.3, 0.4) is 0 Å². The average molecular weight is 418 g/mol. The van der Waals surface area contributed by atoms with Crippen molar-refractivity contribution in [2.24, 2.45) is 0 Å². The first-order valence-electron chi connectivity index (χ1n) is 8.67. The van der Waals surface area contributed by atoms with Gasteiger partial charge in [0.25, 0.3) is 23.9 Å². The van der Waals surface area contributed by atoms with Crippen LogP contribution >= 0.6 is 0 Å². The molecule has 30 heavy (non-hydrogen) atoms. The Morgan fingerprint density at radius 1 is 0.933 bits per heavy atom. The molecule has 10 heteroatoms. The van der Waals surface area contributed by atoms with E-state index in [1.807, 2.05) is 0 Å². The molecule has 0 bridgehead atoms. The van der Waals surface area contributed by atoms with Gasteiger partial charge in [-0.15, -0.1) is 0 Å². The van der Waals surface area contributed by atoms with Crippen LogP contribution in [0.4, 0.5) is 13.2 Å². The highest BCUT2D eigenvalue weighted by molar-refractivity contribution is 5.87. The van der Waals surface area contributed by atoms with Crippen molar-refractivity contribution in [2.45, 2.75) is 18.6 Å². The van der Waals surface area contributed by atoms with Gasteiger partial charge in [-0.05, 0) is 36.4 Å². The molecule has 0 N–H and O–H groups in total. The first-order chi connectivity index (χ1) is 14.3. The Kier molecular flexibility index (Phi) is 4.90. The van der Waals surface area contributed by atoms with Crippen LogP contribution in [-0.4, -0.2) is 27.9 Å². The second-order valence-corrected chi connectivity index (χ2v) is 6.23. The number of hydrogen-bond donors (Lipinski definition) is 0. The minimum atomic E-state index is -4.50. The molecule has 0 aliphatic carbocycles. The molecule has 0 spiro atoms. The van der Waals surface area contributed by atoms with Crippen molar-refractivity contribution in [3.05, 3.63) is 82.8 Å². The SMILES string of the molecule is O=C1[C@H](C(Oc2ccccc2)Oc2ccc(C(F)(F)F)cc2)Oc2nc(=O)ccn21. The summed E-state index contributed by atoms with van der Waals surface area (Å²) < 4.78 is 56.2. The van der Waals surface area contributed by atoms with E-state index < -0.39 is 35.6 Å². The molecule has 2 heterocycles. The van der Waals surface area contributed by atoms with E-state index in [2.05, 4.69) is 4.98 Å². The molecule has 4 rings (SSSR count). The van der Waals surface area contributed by atoms with E-state index in [1.54, 1.807) is 30.3 Å². The highest BCUT2D eigenvalue weighted by atomic mass is 19.4. The van der Waals surface area contributed by atoms with Gasteiger partial charge in [0.15, 0.2) is 0 Å². The van der Waals surface area contributed by atoms with Gasteiger partial charge in [0, 0.05) is 12.3 Å². The highest BCUT2D eigenvalue weighted by Crippen LogP contribution is 2.31. The predicted octanol–water partition coefficient (Wildman–Crippen LogP) is 3.15. The number of ether oxygens (including phenoxy) is 3. The van der Waals surface area contributed by atoms with Gasteiger partial charge in [-0.2, -0.15) is 18.2 Å². The molecule has 0 saturated carbocycles. The van der Waals surface area contributed by atoms with Gasteiger partial charge >= 0.3 is 12.2 Å². The molecule has 2 aromatic carbocycles. The Morgan fingerprint density at radius 2 is 1.57 bits per heavy atom. The summed E-state index contributed by atoms with van der Waals surface area (Å²) in [6.07, 6.45) is -6.00. The standard InChI is InChI=1S/C20H13F3N2O5/c21-20(22,23)12-6-8-14(9-7-12)29-18(28-13-4-2-1-3-5-13)16-17(27)25-11-10-15(26)24-19(25)30-16/h1-11,16,18H/t16-,18?/m1/s1. The number of fused-ring (bicyclic) bond motifs is 1. The van der Waals surface area contributed by atoms with E-state index in [0.717, 1.165) is 34.9 Å². The molecular weight excluding hydrogens is 405 g/mol. The number of carbonyl (C=O) groups excluding carboxylic acids is 1. The number of hydrogen-bond acceptors (Lipinski definition) is 6. The van der Waals surface area contributed by atoms with Gasteiger partial charge in [0.2, 0.25) is 0 Å².